The van der Waals surface area contributed by atoms with Gasteiger partial charge in [-0.05, 0) is 19.4 Å². The Morgan fingerprint density at radius 1 is 1.17 bits per heavy atom. The van der Waals surface area contributed by atoms with E-state index in [0.717, 1.165) is 37.3 Å². The van der Waals surface area contributed by atoms with Gasteiger partial charge in [-0.3, -0.25) is 4.79 Å². The molecule has 0 bridgehead atoms. The maximum absolute atomic E-state index is 12.7. The van der Waals surface area contributed by atoms with Gasteiger partial charge in [-0.2, -0.15) is 0 Å². The Morgan fingerprint density at radius 3 is 2.45 bits per heavy atom. The number of carbonyl (C=O) groups is 2. The summed E-state index contributed by atoms with van der Waals surface area (Å²) in [5, 5.41) is 3.37. The molecule has 0 spiro atoms. The third-order valence-electron chi connectivity index (χ3n) is 5.16. The lowest BCUT2D eigenvalue weighted by Crippen LogP contribution is -3.27. The fraction of sp³-hybridized carbons (Fsp3) is 0.429. The minimum absolute atomic E-state index is 0.113. The number of piperazine rings is 1. The van der Waals surface area contributed by atoms with Crippen LogP contribution in [0.25, 0.3) is 11.1 Å². The van der Waals surface area contributed by atoms with Gasteiger partial charge in [0.05, 0.1) is 13.7 Å². The molecule has 156 valence electrons. The highest BCUT2D eigenvalue weighted by Gasteiger charge is 2.28. The van der Waals surface area contributed by atoms with Crippen LogP contribution >= 0.6 is 22.9 Å². The molecule has 1 fully saturated rings. The predicted molar refractivity (Wildman–Crippen MR) is 116 cm³/mol. The highest BCUT2D eigenvalue weighted by atomic mass is 35.5. The molecule has 0 aliphatic carbocycles. The molecule has 0 atom stereocenters. The summed E-state index contributed by atoms with van der Waals surface area (Å²) in [6.07, 6.45) is 0. The van der Waals surface area contributed by atoms with Crippen molar-refractivity contribution in [1.29, 1.82) is 0 Å². The van der Waals surface area contributed by atoms with E-state index in [2.05, 4.69) is 12.4 Å². The maximum Gasteiger partial charge on any atom is 0.341 e. The van der Waals surface area contributed by atoms with Crippen molar-refractivity contribution in [3.05, 3.63) is 39.7 Å². The lowest BCUT2D eigenvalue weighted by atomic mass is 10.0. The van der Waals surface area contributed by atoms with Crippen molar-refractivity contribution >= 4 is 39.8 Å². The first-order valence-corrected chi connectivity index (χ1v) is 11.1. The summed E-state index contributed by atoms with van der Waals surface area (Å²) < 4.78 is 5.72. The lowest BCUT2D eigenvalue weighted by molar-refractivity contribution is -0.999. The molecule has 0 radical (unpaired) electrons. The molecular weight excluding hydrogens is 410 g/mol. The molecular formula is C21H28ClN3O3S+2. The Kier molecular flexibility index (Phi) is 7.29. The first-order chi connectivity index (χ1) is 13.9. The van der Waals surface area contributed by atoms with Crippen LogP contribution in [0.1, 0.15) is 22.8 Å². The summed E-state index contributed by atoms with van der Waals surface area (Å²) in [6, 6.07) is 7.78. The fourth-order valence-electron chi connectivity index (χ4n) is 3.47. The number of anilines is 1. The Labute approximate surface area is 180 Å². The summed E-state index contributed by atoms with van der Waals surface area (Å²) >= 11 is 7.72. The van der Waals surface area contributed by atoms with Gasteiger partial charge in [0.25, 0.3) is 5.91 Å². The van der Waals surface area contributed by atoms with E-state index in [0.29, 0.717) is 27.0 Å². The number of ether oxygens (including phenoxy) is 1. The third kappa shape index (κ3) is 5.36. The number of esters is 1. The van der Waals surface area contributed by atoms with Crippen LogP contribution in [0, 0.1) is 6.92 Å². The minimum atomic E-state index is -0.475. The molecule has 8 heteroatoms. The average molecular weight is 438 g/mol. The molecule has 2 aromatic rings. The molecule has 1 aromatic heterocycles. The summed E-state index contributed by atoms with van der Waals surface area (Å²) in [6.45, 7) is 8.42. The molecule has 1 amide bonds. The Hall–Kier alpha value is -1.93. The number of rotatable bonds is 6. The van der Waals surface area contributed by atoms with Gasteiger partial charge in [0.2, 0.25) is 0 Å². The average Bonchev–Trinajstić information content (AvgIpc) is 3.00. The Bertz CT molecular complexity index is 874. The van der Waals surface area contributed by atoms with E-state index in [-0.39, 0.29) is 12.5 Å². The van der Waals surface area contributed by atoms with Gasteiger partial charge < -0.3 is 19.9 Å². The van der Waals surface area contributed by atoms with E-state index >= 15 is 0 Å². The number of aryl methyl sites for hydroxylation is 1. The number of hydrogen-bond acceptors (Lipinski definition) is 4. The summed E-state index contributed by atoms with van der Waals surface area (Å²) in [4.78, 5) is 28.1. The van der Waals surface area contributed by atoms with Crippen LogP contribution in [0.15, 0.2) is 24.3 Å². The zero-order valence-corrected chi connectivity index (χ0v) is 18.6. The van der Waals surface area contributed by atoms with E-state index in [1.54, 1.807) is 6.92 Å². The summed E-state index contributed by atoms with van der Waals surface area (Å²) in [5.74, 6) is -0.587. The second-order valence-electron chi connectivity index (χ2n) is 7.47. The number of amides is 1. The van der Waals surface area contributed by atoms with Crippen molar-refractivity contribution in [1.82, 2.24) is 0 Å². The maximum atomic E-state index is 12.7. The quantitative estimate of drug-likeness (QED) is 0.588. The highest BCUT2D eigenvalue weighted by Crippen LogP contribution is 2.44. The number of nitrogens with one attached hydrogen (secondary N) is 3. The second-order valence-corrected chi connectivity index (χ2v) is 9.10. The molecule has 3 N–H and O–H groups in total. The van der Waals surface area contributed by atoms with Crippen LogP contribution < -0.4 is 15.1 Å². The van der Waals surface area contributed by atoms with E-state index < -0.39 is 5.97 Å². The van der Waals surface area contributed by atoms with E-state index in [1.165, 1.54) is 21.1 Å². The Balaban J connectivity index is 1.85. The smallest absolute Gasteiger partial charge is 0.341 e. The zero-order valence-electron chi connectivity index (χ0n) is 17.1. The SMILES string of the molecule is CCOC(=O)c1c(NC(=O)C[NH+]2CC[NH+](C)CC2)sc(Cl)c1-c1ccc(C)cc1. The van der Waals surface area contributed by atoms with Gasteiger partial charge >= 0.3 is 5.97 Å². The molecule has 29 heavy (non-hydrogen) atoms. The molecule has 3 rings (SSSR count). The number of hydrogen-bond donors (Lipinski definition) is 3. The zero-order chi connectivity index (χ0) is 21.0. The van der Waals surface area contributed by atoms with Crippen molar-refractivity contribution < 1.29 is 24.1 Å². The normalized spacial score (nSPS) is 19.0. The molecule has 1 aliphatic rings. The monoisotopic (exact) mass is 437 g/mol. The van der Waals surface area contributed by atoms with Gasteiger partial charge in [-0.25, -0.2) is 4.79 Å². The van der Waals surface area contributed by atoms with Crippen LogP contribution in [0.2, 0.25) is 4.34 Å². The predicted octanol–water partition coefficient (Wildman–Crippen LogP) is 0.905. The molecule has 0 unspecified atom stereocenters. The Morgan fingerprint density at radius 2 is 1.83 bits per heavy atom. The summed E-state index contributed by atoms with van der Waals surface area (Å²) in [7, 11) is 2.17. The number of carbonyl (C=O) groups excluding carboxylic acids is 2. The molecule has 1 saturated heterocycles. The van der Waals surface area contributed by atoms with Gasteiger partial charge in [-0.15, -0.1) is 11.3 Å². The van der Waals surface area contributed by atoms with E-state index in [9.17, 15) is 9.59 Å². The van der Waals surface area contributed by atoms with Crippen LogP contribution in [0.4, 0.5) is 5.00 Å². The van der Waals surface area contributed by atoms with Crippen LogP contribution in [-0.4, -0.2) is 58.3 Å². The number of likely N-dealkylation sites (N-methyl/N-ethyl adjacent to an activating group) is 1. The van der Waals surface area contributed by atoms with Crippen LogP contribution in [-0.2, 0) is 9.53 Å². The first kappa shape index (κ1) is 21.8. The van der Waals surface area contributed by atoms with E-state index in [1.807, 2.05) is 31.2 Å². The molecule has 0 saturated carbocycles. The molecule has 2 heterocycles. The van der Waals surface area contributed by atoms with Crippen LogP contribution in [0.5, 0.6) is 0 Å². The van der Waals surface area contributed by atoms with Crippen molar-refractivity contribution in [3.63, 3.8) is 0 Å². The van der Waals surface area contributed by atoms with Crippen molar-refractivity contribution in [2.75, 3.05) is 51.7 Å². The van der Waals surface area contributed by atoms with Gasteiger partial charge in [0.1, 0.15) is 41.1 Å². The van der Waals surface area contributed by atoms with Gasteiger partial charge in [0.15, 0.2) is 6.54 Å². The topological polar surface area (TPSA) is 64.3 Å². The first-order valence-electron chi connectivity index (χ1n) is 9.90. The highest BCUT2D eigenvalue weighted by molar-refractivity contribution is 7.21. The fourth-order valence-corrected chi connectivity index (χ4v) is 4.86. The molecule has 1 aromatic carbocycles. The largest absolute Gasteiger partial charge is 0.462 e. The van der Waals surface area contributed by atoms with Crippen LogP contribution in [0.3, 0.4) is 0 Å². The summed E-state index contributed by atoms with van der Waals surface area (Å²) in [5.41, 5.74) is 2.88. The third-order valence-corrected chi connectivity index (χ3v) is 6.47. The minimum Gasteiger partial charge on any atom is -0.462 e. The van der Waals surface area contributed by atoms with Gasteiger partial charge in [-0.1, -0.05) is 41.4 Å². The van der Waals surface area contributed by atoms with Crippen molar-refractivity contribution in [2.24, 2.45) is 0 Å². The lowest BCUT2D eigenvalue weighted by Gasteiger charge is -2.26. The number of benzene rings is 1. The van der Waals surface area contributed by atoms with Gasteiger partial charge in [0, 0.05) is 5.56 Å². The number of quaternary nitrogens is 2. The van der Waals surface area contributed by atoms with E-state index in [4.69, 9.17) is 16.3 Å². The second kappa shape index (κ2) is 9.71. The standard InChI is InChI=1S/C21H26ClN3O3S/c1-4-28-21(27)18-17(15-7-5-14(2)6-8-15)19(22)29-20(18)23-16(26)13-25-11-9-24(3)10-12-25/h5-8H,4,9-13H2,1-3H3,(H,23,26)/p+2. The molecule has 6 nitrogen and oxygen atoms in total. The number of halogens is 1. The molecule has 1 aliphatic heterocycles. The van der Waals surface area contributed by atoms with Crippen molar-refractivity contribution in [3.8, 4) is 11.1 Å². The van der Waals surface area contributed by atoms with Crippen molar-refractivity contribution in [2.45, 2.75) is 13.8 Å². The number of thiophene rings is 1.